The zero-order valence-electron chi connectivity index (χ0n) is 11.2. The molecule has 0 aromatic heterocycles. The minimum atomic E-state index is -4.52. The van der Waals surface area contributed by atoms with Gasteiger partial charge in [-0.25, -0.2) is 4.79 Å². The highest BCUT2D eigenvalue weighted by molar-refractivity contribution is 9.10. The van der Waals surface area contributed by atoms with Crippen LogP contribution in [0.2, 0.25) is 0 Å². The van der Waals surface area contributed by atoms with Crippen LogP contribution >= 0.6 is 15.9 Å². The molecule has 0 radical (unpaired) electrons. The zero-order valence-corrected chi connectivity index (χ0v) is 12.8. The molecule has 0 spiro atoms. The van der Waals surface area contributed by atoms with Gasteiger partial charge in [0.15, 0.2) is 0 Å². The molecule has 0 heterocycles. The van der Waals surface area contributed by atoms with Crippen LogP contribution in [0.3, 0.4) is 0 Å². The number of para-hydroxylation sites is 1. The molecule has 0 atom stereocenters. The van der Waals surface area contributed by atoms with Crippen molar-refractivity contribution in [3.8, 4) is 0 Å². The van der Waals surface area contributed by atoms with Gasteiger partial charge in [-0.1, -0.05) is 40.2 Å². The Morgan fingerprint density at radius 2 is 1.82 bits per heavy atom. The Labute approximate surface area is 133 Å². The minimum absolute atomic E-state index is 0.208. The first kappa shape index (κ1) is 16.4. The van der Waals surface area contributed by atoms with E-state index in [2.05, 4.69) is 26.6 Å². The first-order valence-electron chi connectivity index (χ1n) is 6.32. The van der Waals surface area contributed by atoms with Crippen molar-refractivity contribution in [3.63, 3.8) is 0 Å². The third-order valence-corrected chi connectivity index (χ3v) is 3.32. The van der Waals surface area contributed by atoms with Crippen LogP contribution in [0.15, 0.2) is 53.0 Å². The van der Waals surface area contributed by atoms with Gasteiger partial charge < -0.3 is 10.6 Å². The highest BCUT2D eigenvalue weighted by Gasteiger charge is 2.33. The van der Waals surface area contributed by atoms with E-state index < -0.39 is 17.8 Å². The minimum Gasteiger partial charge on any atom is -0.334 e. The fourth-order valence-corrected chi connectivity index (χ4v) is 2.28. The SMILES string of the molecule is O=C(NCc1cccc(Br)c1)Nc1ccccc1C(F)(F)F. The van der Waals surface area contributed by atoms with E-state index in [0.29, 0.717) is 0 Å². The number of hydrogen-bond acceptors (Lipinski definition) is 1. The Morgan fingerprint density at radius 3 is 2.50 bits per heavy atom. The number of amides is 2. The van der Waals surface area contributed by atoms with E-state index in [-0.39, 0.29) is 12.2 Å². The summed E-state index contributed by atoms with van der Waals surface area (Å²) in [6.07, 6.45) is -4.52. The second kappa shape index (κ2) is 6.83. The maximum absolute atomic E-state index is 12.8. The van der Waals surface area contributed by atoms with Gasteiger partial charge in [-0.3, -0.25) is 0 Å². The number of carbonyl (C=O) groups excluding carboxylic acids is 1. The Bertz CT molecular complexity index is 674. The predicted molar refractivity (Wildman–Crippen MR) is 81.4 cm³/mol. The molecule has 116 valence electrons. The van der Waals surface area contributed by atoms with E-state index in [0.717, 1.165) is 16.1 Å². The second-order valence-electron chi connectivity index (χ2n) is 4.48. The molecule has 2 aromatic rings. The molecule has 0 aliphatic rings. The predicted octanol–water partition coefficient (Wildman–Crippen LogP) is 4.79. The molecule has 2 amide bonds. The second-order valence-corrected chi connectivity index (χ2v) is 5.40. The third-order valence-electron chi connectivity index (χ3n) is 2.82. The summed E-state index contributed by atoms with van der Waals surface area (Å²) in [5.74, 6) is 0. The Balaban J connectivity index is 2.01. The highest BCUT2D eigenvalue weighted by Crippen LogP contribution is 2.34. The van der Waals surface area contributed by atoms with Crippen LogP contribution in [0, 0.1) is 0 Å². The average molecular weight is 373 g/mol. The lowest BCUT2D eigenvalue weighted by atomic mass is 10.1. The third kappa shape index (κ3) is 4.49. The molecule has 0 aliphatic carbocycles. The lowest BCUT2D eigenvalue weighted by Gasteiger charge is -2.14. The molecule has 22 heavy (non-hydrogen) atoms. The topological polar surface area (TPSA) is 41.1 Å². The fraction of sp³-hybridized carbons (Fsp3) is 0.133. The van der Waals surface area contributed by atoms with Crippen molar-refractivity contribution < 1.29 is 18.0 Å². The summed E-state index contributed by atoms with van der Waals surface area (Å²) in [5.41, 5.74) is -0.331. The van der Waals surface area contributed by atoms with E-state index in [1.165, 1.54) is 18.2 Å². The monoisotopic (exact) mass is 372 g/mol. The molecule has 0 saturated heterocycles. The summed E-state index contributed by atoms with van der Waals surface area (Å²) in [6.45, 7) is 0.208. The van der Waals surface area contributed by atoms with Crippen LogP contribution in [0.4, 0.5) is 23.7 Å². The van der Waals surface area contributed by atoms with Gasteiger partial charge in [-0.2, -0.15) is 13.2 Å². The molecule has 0 unspecified atom stereocenters. The number of hydrogen-bond donors (Lipinski definition) is 2. The summed E-state index contributed by atoms with van der Waals surface area (Å²) in [5, 5.41) is 4.74. The zero-order chi connectivity index (χ0) is 16.2. The summed E-state index contributed by atoms with van der Waals surface area (Å²) in [7, 11) is 0. The summed E-state index contributed by atoms with van der Waals surface area (Å²) >= 11 is 3.30. The number of halogens is 4. The largest absolute Gasteiger partial charge is 0.418 e. The lowest BCUT2D eigenvalue weighted by molar-refractivity contribution is -0.136. The van der Waals surface area contributed by atoms with Crippen LogP contribution in [0.25, 0.3) is 0 Å². The van der Waals surface area contributed by atoms with E-state index in [1.807, 2.05) is 12.1 Å². The van der Waals surface area contributed by atoms with Gasteiger partial charge in [0.2, 0.25) is 0 Å². The number of nitrogens with one attached hydrogen (secondary N) is 2. The number of benzene rings is 2. The maximum Gasteiger partial charge on any atom is 0.418 e. The van der Waals surface area contributed by atoms with Gasteiger partial charge >= 0.3 is 12.2 Å². The van der Waals surface area contributed by atoms with Crippen molar-refractivity contribution in [1.82, 2.24) is 5.32 Å². The van der Waals surface area contributed by atoms with Crippen LogP contribution in [-0.4, -0.2) is 6.03 Å². The Hall–Kier alpha value is -2.02. The summed E-state index contributed by atoms with van der Waals surface area (Å²) < 4.78 is 39.3. The molecule has 0 fully saturated rings. The van der Waals surface area contributed by atoms with E-state index in [9.17, 15) is 18.0 Å². The quantitative estimate of drug-likeness (QED) is 0.798. The van der Waals surface area contributed by atoms with Crippen LogP contribution in [0.1, 0.15) is 11.1 Å². The lowest BCUT2D eigenvalue weighted by Crippen LogP contribution is -2.29. The Morgan fingerprint density at radius 1 is 1.09 bits per heavy atom. The summed E-state index contributed by atoms with van der Waals surface area (Å²) in [6, 6.07) is 11.4. The van der Waals surface area contributed by atoms with Crippen molar-refractivity contribution in [2.45, 2.75) is 12.7 Å². The molecule has 2 N–H and O–H groups in total. The smallest absolute Gasteiger partial charge is 0.334 e. The molecule has 7 heteroatoms. The maximum atomic E-state index is 12.8. The normalized spacial score (nSPS) is 11.1. The van der Waals surface area contributed by atoms with Gasteiger partial charge in [-0.05, 0) is 29.8 Å². The van der Waals surface area contributed by atoms with Crippen molar-refractivity contribution in [2.24, 2.45) is 0 Å². The standard InChI is InChI=1S/C15H12BrF3N2O/c16-11-5-3-4-10(8-11)9-20-14(22)21-13-7-2-1-6-12(13)15(17,18)19/h1-8H,9H2,(H2,20,21,22). The Kier molecular flexibility index (Phi) is 5.07. The van der Waals surface area contributed by atoms with Crippen LogP contribution in [0.5, 0.6) is 0 Å². The molecular weight excluding hydrogens is 361 g/mol. The van der Waals surface area contributed by atoms with Crippen LogP contribution in [-0.2, 0) is 12.7 Å². The van der Waals surface area contributed by atoms with Gasteiger partial charge in [-0.15, -0.1) is 0 Å². The van der Waals surface area contributed by atoms with Gasteiger partial charge in [0, 0.05) is 11.0 Å². The molecule has 2 aromatic carbocycles. The number of carbonyl (C=O) groups is 1. The first-order chi connectivity index (χ1) is 10.4. The number of anilines is 1. The number of urea groups is 1. The van der Waals surface area contributed by atoms with Crippen molar-refractivity contribution in [3.05, 3.63) is 64.1 Å². The summed E-state index contributed by atoms with van der Waals surface area (Å²) in [4.78, 5) is 11.7. The van der Waals surface area contributed by atoms with Crippen LogP contribution < -0.4 is 10.6 Å². The van der Waals surface area contributed by atoms with E-state index in [1.54, 1.807) is 12.1 Å². The number of rotatable bonds is 3. The average Bonchev–Trinajstić information content (AvgIpc) is 2.45. The first-order valence-corrected chi connectivity index (χ1v) is 7.11. The van der Waals surface area contributed by atoms with Crippen molar-refractivity contribution >= 4 is 27.6 Å². The van der Waals surface area contributed by atoms with Gasteiger partial charge in [0.25, 0.3) is 0 Å². The van der Waals surface area contributed by atoms with E-state index in [4.69, 9.17) is 0 Å². The van der Waals surface area contributed by atoms with Crippen molar-refractivity contribution in [2.75, 3.05) is 5.32 Å². The molecule has 3 nitrogen and oxygen atoms in total. The molecule has 0 aliphatic heterocycles. The number of alkyl halides is 3. The van der Waals surface area contributed by atoms with Gasteiger partial charge in [0.05, 0.1) is 11.3 Å². The van der Waals surface area contributed by atoms with E-state index >= 15 is 0 Å². The molecule has 0 saturated carbocycles. The molecule has 0 bridgehead atoms. The van der Waals surface area contributed by atoms with Gasteiger partial charge in [0.1, 0.15) is 0 Å². The molecular formula is C15H12BrF3N2O. The fourth-order valence-electron chi connectivity index (χ4n) is 1.84. The molecule has 2 rings (SSSR count). The van der Waals surface area contributed by atoms with Crippen molar-refractivity contribution in [1.29, 1.82) is 0 Å². The highest BCUT2D eigenvalue weighted by atomic mass is 79.9.